The highest BCUT2D eigenvalue weighted by molar-refractivity contribution is 9.10. The molecule has 3 aromatic rings. The molecule has 7 heteroatoms. The molecular weight excluding hydrogens is 396 g/mol. The number of nitrogens with zero attached hydrogens (tertiary/aromatic N) is 2. The van der Waals surface area contributed by atoms with Crippen molar-refractivity contribution in [2.45, 2.75) is 13.8 Å². The molecule has 0 aliphatic rings. The zero-order chi connectivity index (χ0) is 18.7. The van der Waals surface area contributed by atoms with Crippen LogP contribution in [0, 0.1) is 13.8 Å². The summed E-state index contributed by atoms with van der Waals surface area (Å²) in [7, 11) is 0. The molecule has 0 atom stereocenters. The lowest BCUT2D eigenvalue weighted by Gasteiger charge is -2.09. The first kappa shape index (κ1) is 18.0. The van der Waals surface area contributed by atoms with Gasteiger partial charge in [-0.25, -0.2) is 9.97 Å². The smallest absolute Gasteiger partial charge is 0.251 e. The molecule has 132 valence electrons. The van der Waals surface area contributed by atoms with Crippen molar-refractivity contribution >= 4 is 44.5 Å². The number of aromatic nitrogens is 2. The molecule has 2 aromatic carbocycles. The van der Waals surface area contributed by atoms with E-state index in [0.29, 0.717) is 16.8 Å². The minimum atomic E-state index is -0.339. The number of nitrogens with one attached hydrogen (secondary N) is 2. The van der Waals surface area contributed by atoms with E-state index in [9.17, 15) is 9.59 Å². The summed E-state index contributed by atoms with van der Waals surface area (Å²) in [5.74, 6) is -0.647. The molecule has 0 radical (unpaired) electrons. The average molecular weight is 413 g/mol. The second kappa shape index (κ2) is 7.61. The third kappa shape index (κ3) is 4.05. The third-order valence-electron chi connectivity index (χ3n) is 3.89. The van der Waals surface area contributed by atoms with Crippen molar-refractivity contribution < 1.29 is 9.59 Å². The van der Waals surface area contributed by atoms with E-state index >= 15 is 0 Å². The van der Waals surface area contributed by atoms with E-state index in [2.05, 4.69) is 36.5 Å². The zero-order valence-corrected chi connectivity index (χ0v) is 15.9. The first-order chi connectivity index (χ1) is 12.4. The van der Waals surface area contributed by atoms with Crippen LogP contribution in [0.2, 0.25) is 0 Å². The molecule has 0 saturated carbocycles. The van der Waals surface area contributed by atoms with Gasteiger partial charge in [0, 0.05) is 10.0 Å². The lowest BCUT2D eigenvalue weighted by atomic mass is 10.1. The van der Waals surface area contributed by atoms with Crippen LogP contribution in [0.5, 0.6) is 0 Å². The molecule has 0 bridgehead atoms. The summed E-state index contributed by atoms with van der Waals surface area (Å²) in [6.45, 7) is 3.64. The zero-order valence-electron chi connectivity index (χ0n) is 14.3. The first-order valence-corrected chi connectivity index (χ1v) is 8.81. The first-order valence-electron chi connectivity index (χ1n) is 8.01. The molecule has 0 saturated heterocycles. The molecule has 6 nitrogen and oxygen atoms in total. The maximum absolute atomic E-state index is 12.3. The number of halogens is 1. The maximum atomic E-state index is 12.3. The predicted molar refractivity (Wildman–Crippen MR) is 104 cm³/mol. The quantitative estimate of drug-likeness (QED) is 0.687. The van der Waals surface area contributed by atoms with Gasteiger partial charge in [-0.15, -0.1) is 0 Å². The number of hydrogen-bond acceptors (Lipinski definition) is 4. The van der Waals surface area contributed by atoms with E-state index < -0.39 is 0 Å². The van der Waals surface area contributed by atoms with Crippen molar-refractivity contribution in [3.8, 4) is 0 Å². The molecule has 0 aliphatic heterocycles. The van der Waals surface area contributed by atoms with Gasteiger partial charge in [-0.1, -0.05) is 12.1 Å². The van der Waals surface area contributed by atoms with Gasteiger partial charge >= 0.3 is 0 Å². The molecule has 0 unspecified atom stereocenters. The largest absolute Gasteiger partial charge is 0.343 e. The highest BCUT2D eigenvalue weighted by Crippen LogP contribution is 2.20. The van der Waals surface area contributed by atoms with E-state index in [1.165, 1.54) is 0 Å². The number of amides is 2. The summed E-state index contributed by atoms with van der Waals surface area (Å²) in [4.78, 5) is 33.2. The summed E-state index contributed by atoms with van der Waals surface area (Å²) in [6.07, 6.45) is 0. The van der Waals surface area contributed by atoms with Gasteiger partial charge in [0.25, 0.3) is 5.91 Å². The summed E-state index contributed by atoms with van der Waals surface area (Å²) in [5.41, 5.74) is 4.15. The van der Waals surface area contributed by atoms with Crippen LogP contribution in [0.15, 0.2) is 46.9 Å². The van der Waals surface area contributed by atoms with Crippen molar-refractivity contribution in [3.05, 3.63) is 63.9 Å². The number of hydrogen-bond donors (Lipinski definition) is 2. The summed E-state index contributed by atoms with van der Waals surface area (Å²) < 4.78 is 0.776. The summed E-state index contributed by atoms with van der Waals surface area (Å²) >= 11 is 3.36. The van der Waals surface area contributed by atoms with E-state index in [-0.39, 0.29) is 18.4 Å². The van der Waals surface area contributed by atoms with Crippen LogP contribution in [0.4, 0.5) is 5.69 Å². The third-order valence-corrected chi connectivity index (χ3v) is 4.59. The van der Waals surface area contributed by atoms with Crippen LogP contribution >= 0.6 is 15.9 Å². The molecule has 0 spiro atoms. The number of para-hydroxylation sites is 1. The second-order valence-corrected chi connectivity index (χ2v) is 6.66. The fourth-order valence-corrected chi connectivity index (χ4v) is 2.78. The lowest BCUT2D eigenvalue weighted by molar-refractivity contribution is -0.115. The van der Waals surface area contributed by atoms with Crippen LogP contribution in [0.1, 0.15) is 21.7 Å². The number of aryl methyl sites for hydroxylation is 2. The standard InChI is InChI=1S/C19H17BrN4O2/c1-11-12(2)23-17-9-13(7-8-16(17)22-11)19(26)21-10-18(25)24-15-6-4-3-5-14(15)20/h3-9H,10H2,1-2H3,(H,21,26)(H,24,25). The summed E-state index contributed by atoms with van der Waals surface area (Å²) in [5, 5.41) is 5.35. The van der Waals surface area contributed by atoms with E-state index in [4.69, 9.17) is 0 Å². The van der Waals surface area contributed by atoms with Gasteiger partial charge < -0.3 is 10.6 Å². The molecule has 1 heterocycles. The predicted octanol–water partition coefficient (Wildman–Crippen LogP) is 3.38. The highest BCUT2D eigenvalue weighted by atomic mass is 79.9. The van der Waals surface area contributed by atoms with Crippen molar-refractivity contribution in [2.75, 3.05) is 11.9 Å². The van der Waals surface area contributed by atoms with Crippen molar-refractivity contribution in [1.82, 2.24) is 15.3 Å². The van der Waals surface area contributed by atoms with Crippen LogP contribution in [-0.4, -0.2) is 28.3 Å². The van der Waals surface area contributed by atoms with Gasteiger partial charge in [0.15, 0.2) is 0 Å². The molecule has 3 rings (SSSR count). The molecular formula is C19H17BrN4O2. The van der Waals surface area contributed by atoms with Gasteiger partial charge in [-0.05, 0) is 60.1 Å². The van der Waals surface area contributed by atoms with Crippen LogP contribution in [-0.2, 0) is 4.79 Å². The van der Waals surface area contributed by atoms with Gasteiger partial charge in [0.05, 0.1) is 34.7 Å². The number of anilines is 1. The SMILES string of the molecule is Cc1nc2ccc(C(=O)NCC(=O)Nc3ccccc3Br)cc2nc1C. The van der Waals surface area contributed by atoms with E-state index in [0.717, 1.165) is 21.4 Å². The van der Waals surface area contributed by atoms with Crippen LogP contribution in [0.3, 0.4) is 0 Å². The van der Waals surface area contributed by atoms with Crippen molar-refractivity contribution in [2.24, 2.45) is 0 Å². The van der Waals surface area contributed by atoms with Crippen molar-refractivity contribution in [1.29, 1.82) is 0 Å². The molecule has 0 fully saturated rings. The fourth-order valence-electron chi connectivity index (χ4n) is 2.39. The number of rotatable bonds is 4. The monoisotopic (exact) mass is 412 g/mol. The fraction of sp³-hybridized carbons (Fsp3) is 0.158. The number of carbonyl (C=O) groups is 2. The lowest BCUT2D eigenvalue weighted by Crippen LogP contribution is -2.32. The minimum Gasteiger partial charge on any atom is -0.343 e. The molecule has 1 aromatic heterocycles. The Labute approximate surface area is 159 Å². The Morgan fingerprint density at radius 3 is 2.42 bits per heavy atom. The molecule has 0 aliphatic carbocycles. The Morgan fingerprint density at radius 2 is 1.69 bits per heavy atom. The number of fused-ring (bicyclic) bond motifs is 1. The average Bonchev–Trinajstić information content (AvgIpc) is 2.62. The molecule has 26 heavy (non-hydrogen) atoms. The molecule has 2 amide bonds. The minimum absolute atomic E-state index is 0.128. The van der Waals surface area contributed by atoms with Crippen LogP contribution < -0.4 is 10.6 Å². The normalized spacial score (nSPS) is 10.6. The molecule has 2 N–H and O–H groups in total. The topological polar surface area (TPSA) is 84.0 Å². The number of benzene rings is 2. The Hall–Kier alpha value is -2.80. The van der Waals surface area contributed by atoms with Gasteiger partial charge in [0.2, 0.25) is 5.91 Å². The summed E-state index contributed by atoms with van der Waals surface area (Å²) in [6, 6.07) is 12.4. The van der Waals surface area contributed by atoms with Gasteiger partial charge in [-0.3, -0.25) is 9.59 Å². The van der Waals surface area contributed by atoms with Gasteiger partial charge in [-0.2, -0.15) is 0 Å². The Bertz CT molecular complexity index is 1000. The number of carbonyl (C=O) groups excluding carboxylic acids is 2. The van der Waals surface area contributed by atoms with Crippen LogP contribution in [0.25, 0.3) is 11.0 Å². The van der Waals surface area contributed by atoms with Crippen molar-refractivity contribution in [3.63, 3.8) is 0 Å². The Kier molecular flexibility index (Phi) is 5.27. The second-order valence-electron chi connectivity index (χ2n) is 5.81. The maximum Gasteiger partial charge on any atom is 0.251 e. The van der Waals surface area contributed by atoms with Gasteiger partial charge in [0.1, 0.15) is 0 Å². The van der Waals surface area contributed by atoms with E-state index in [1.807, 2.05) is 32.0 Å². The van der Waals surface area contributed by atoms with E-state index in [1.54, 1.807) is 24.3 Å². The Morgan fingerprint density at radius 1 is 1.00 bits per heavy atom. The highest BCUT2D eigenvalue weighted by Gasteiger charge is 2.11. The Balaban J connectivity index is 1.66.